The zero-order valence-corrected chi connectivity index (χ0v) is 13.9. The molecule has 0 aromatic heterocycles. The Bertz CT molecular complexity index is 727. The molecule has 1 aliphatic rings. The van der Waals surface area contributed by atoms with Crippen LogP contribution in [-0.2, 0) is 16.0 Å². The van der Waals surface area contributed by atoms with Crippen molar-refractivity contribution in [1.29, 1.82) is 0 Å². The van der Waals surface area contributed by atoms with Crippen LogP contribution < -0.4 is 5.32 Å². The summed E-state index contributed by atoms with van der Waals surface area (Å²) in [6.07, 6.45) is 1.81. The number of carboxylic acids is 1. The highest BCUT2D eigenvalue weighted by atomic mass is 16.5. The SMILES string of the molecule is O=C(Cc1ccc(C(=O)O)cc1)NC1CCOC(c2ccccc2)C1. The lowest BCUT2D eigenvalue weighted by molar-refractivity contribution is -0.122. The fraction of sp³-hybridized carbons (Fsp3) is 0.300. The Kier molecular flexibility index (Phi) is 5.46. The molecule has 5 nitrogen and oxygen atoms in total. The van der Waals surface area contributed by atoms with Crippen molar-refractivity contribution in [2.45, 2.75) is 31.4 Å². The van der Waals surface area contributed by atoms with Crippen molar-refractivity contribution in [3.63, 3.8) is 0 Å². The third-order valence-electron chi connectivity index (χ3n) is 4.39. The Morgan fingerprint density at radius 1 is 1.08 bits per heavy atom. The summed E-state index contributed by atoms with van der Waals surface area (Å²) in [4.78, 5) is 23.1. The first kappa shape index (κ1) is 17.2. The molecule has 0 spiro atoms. The molecule has 2 unspecified atom stereocenters. The molecule has 2 aromatic rings. The predicted molar refractivity (Wildman–Crippen MR) is 93.4 cm³/mol. The van der Waals surface area contributed by atoms with Gasteiger partial charge in [0, 0.05) is 12.6 Å². The van der Waals surface area contributed by atoms with Gasteiger partial charge >= 0.3 is 5.97 Å². The fourth-order valence-electron chi connectivity index (χ4n) is 3.06. The van der Waals surface area contributed by atoms with Crippen molar-refractivity contribution in [2.24, 2.45) is 0 Å². The Morgan fingerprint density at radius 3 is 2.48 bits per heavy atom. The van der Waals surface area contributed by atoms with Crippen molar-refractivity contribution in [1.82, 2.24) is 5.32 Å². The van der Waals surface area contributed by atoms with Gasteiger partial charge in [-0.2, -0.15) is 0 Å². The molecule has 5 heteroatoms. The summed E-state index contributed by atoms with van der Waals surface area (Å²) in [5.41, 5.74) is 2.15. The van der Waals surface area contributed by atoms with Gasteiger partial charge in [0.1, 0.15) is 0 Å². The van der Waals surface area contributed by atoms with E-state index >= 15 is 0 Å². The molecule has 0 saturated carbocycles. The van der Waals surface area contributed by atoms with Gasteiger partial charge < -0.3 is 15.2 Å². The maximum absolute atomic E-state index is 12.3. The van der Waals surface area contributed by atoms with E-state index in [1.807, 2.05) is 30.3 Å². The molecule has 1 amide bonds. The van der Waals surface area contributed by atoms with Gasteiger partial charge in [-0.25, -0.2) is 4.79 Å². The average Bonchev–Trinajstić information content (AvgIpc) is 2.63. The molecule has 2 aromatic carbocycles. The smallest absolute Gasteiger partial charge is 0.335 e. The lowest BCUT2D eigenvalue weighted by Gasteiger charge is -2.30. The summed E-state index contributed by atoms with van der Waals surface area (Å²) in [7, 11) is 0. The van der Waals surface area contributed by atoms with Crippen molar-refractivity contribution < 1.29 is 19.4 Å². The number of rotatable bonds is 5. The van der Waals surface area contributed by atoms with Crippen LogP contribution in [0.3, 0.4) is 0 Å². The zero-order chi connectivity index (χ0) is 17.6. The summed E-state index contributed by atoms with van der Waals surface area (Å²) in [5, 5.41) is 12.0. The Labute approximate surface area is 146 Å². The van der Waals surface area contributed by atoms with Gasteiger partial charge in [0.15, 0.2) is 0 Å². The number of carbonyl (C=O) groups excluding carboxylic acids is 1. The molecular formula is C20H21NO4. The lowest BCUT2D eigenvalue weighted by Crippen LogP contribution is -2.40. The van der Waals surface area contributed by atoms with Crippen LogP contribution in [0.15, 0.2) is 54.6 Å². The van der Waals surface area contributed by atoms with Crippen molar-refractivity contribution in [3.05, 3.63) is 71.3 Å². The standard InChI is InChI=1S/C20H21NO4/c22-19(12-14-6-8-16(9-7-14)20(23)24)21-17-10-11-25-18(13-17)15-4-2-1-3-5-15/h1-9,17-18H,10-13H2,(H,21,22)(H,23,24). The zero-order valence-electron chi connectivity index (χ0n) is 13.9. The molecule has 0 aliphatic carbocycles. The summed E-state index contributed by atoms with van der Waals surface area (Å²) in [6, 6.07) is 16.5. The second kappa shape index (κ2) is 7.94. The number of carboxylic acid groups (broad SMARTS) is 1. The fourth-order valence-corrected chi connectivity index (χ4v) is 3.06. The van der Waals surface area contributed by atoms with Gasteiger partial charge in [-0.1, -0.05) is 42.5 Å². The average molecular weight is 339 g/mol. The van der Waals surface area contributed by atoms with E-state index in [1.54, 1.807) is 12.1 Å². The largest absolute Gasteiger partial charge is 0.478 e. The quantitative estimate of drug-likeness (QED) is 0.878. The Balaban J connectivity index is 1.54. The molecule has 1 aliphatic heterocycles. The van der Waals surface area contributed by atoms with E-state index < -0.39 is 5.97 Å². The van der Waals surface area contributed by atoms with Crippen LogP contribution in [-0.4, -0.2) is 29.6 Å². The van der Waals surface area contributed by atoms with Gasteiger partial charge in [-0.05, 0) is 36.1 Å². The molecular weight excluding hydrogens is 318 g/mol. The summed E-state index contributed by atoms with van der Waals surface area (Å²) < 4.78 is 5.82. The van der Waals surface area contributed by atoms with Gasteiger partial charge in [0.2, 0.25) is 5.91 Å². The lowest BCUT2D eigenvalue weighted by atomic mass is 9.97. The van der Waals surface area contributed by atoms with E-state index in [2.05, 4.69) is 5.32 Å². The molecule has 1 saturated heterocycles. The first-order valence-electron chi connectivity index (χ1n) is 8.40. The van der Waals surface area contributed by atoms with Crippen LogP contribution in [0.2, 0.25) is 0 Å². The summed E-state index contributed by atoms with van der Waals surface area (Å²) >= 11 is 0. The van der Waals surface area contributed by atoms with Gasteiger partial charge in [0.25, 0.3) is 0 Å². The maximum Gasteiger partial charge on any atom is 0.335 e. The summed E-state index contributed by atoms with van der Waals surface area (Å²) in [5.74, 6) is -1.02. The van der Waals surface area contributed by atoms with E-state index in [9.17, 15) is 9.59 Å². The number of nitrogens with one attached hydrogen (secondary N) is 1. The molecule has 2 N–H and O–H groups in total. The van der Waals surface area contributed by atoms with E-state index in [1.165, 1.54) is 12.1 Å². The van der Waals surface area contributed by atoms with Gasteiger partial charge in [0.05, 0.1) is 18.1 Å². The Hall–Kier alpha value is -2.66. The first-order valence-corrected chi connectivity index (χ1v) is 8.40. The second-order valence-corrected chi connectivity index (χ2v) is 6.24. The van der Waals surface area contributed by atoms with Crippen molar-refractivity contribution in [3.8, 4) is 0 Å². The van der Waals surface area contributed by atoms with Crippen molar-refractivity contribution >= 4 is 11.9 Å². The molecule has 0 bridgehead atoms. The first-order chi connectivity index (χ1) is 12.1. The number of ether oxygens (including phenoxy) is 1. The molecule has 1 fully saturated rings. The van der Waals surface area contributed by atoms with Crippen molar-refractivity contribution in [2.75, 3.05) is 6.61 Å². The topological polar surface area (TPSA) is 75.6 Å². The summed E-state index contributed by atoms with van der Waals surface area (Å²) in [6.45, 7) is 0.623. The van der Waals surface area contributed by atoms with Crippen LogP contribution in [0.5, 0.6) is 0 Å². The predicted octanol–water partition coefficient (Wildman–Crippen LogP) is 2.96. The van der Waals surface area contributed by atoms with E-state index in [0.29, 0.717) is 6.61 Å². The minimum atomic E-state index is -0.967. The molecule has 2 atom stereocenters. The number of amides is 1. The molecule has 3 rings (SSSR count). The van der Waals surface area contributed by atoms with Crippen LogP contribution in [0, 0.1) is 0 Å². The van der Waals surface area contributed by atoms with Crippen LogP contribution >= 0.6 is 0 Å². The number of hydrogen-bond acceptors (Lipinski definition) is 3. The number of carbonyl (C=O) groups is 2. The maximum atomic E-state index is 12.3. The molecule has 0 radical (unpaired) electrons. The number of hydrogen-bond donors (Lipinski definition) is 2. The second-order valence-electron chi connectivity index (χ2n) is 6.24. The van der Waals surface area contributed by atoms with E-state index in [4.69, 9.17) is 9.84 Å². The minimum absolute atomic E-state index is 0.00935. The third kappa shape index (κ3) is 4.67. The van der Waals surface area contributed by atoms with Gasteiger partial charge in [-0.3, -0.25) is 4.79 Å². The van der Waals surface area contributed by atoms with Gasteiger partial charge in [-0.15, -0.1) is 0 Å². The highest BCUT2D eigenvalue weighted by Gasteiger charge is 2.24. The van der Waals surface area contributed by atoms with Crippen LogP contribution in [0.1, 0.15) is 40.4 Å². The number of aromatic carboxylic acids is 1. The minimum Gasteiger partial charge on any atom is -0.478 e. The highest BCUT2D eigenvalue weighted by Crippen LogP contribution is 2.27. The monoisotopic (exact) mass is 339 g/mol. The van der Waals surface area contributed by atoms with E-state index in [-0.39, 0.29) is 30.0 Å². The normalized spacial score (nSPS) is 20.0. The van der Waals surface area contributed by atoms with Crippen LogP contribution in [0.25, 0.3) is 0 Å². The highest BCUT2D eigenvalue weighted by molar-refractivity contribution is 5.87. The third-order valence-corrected chi connectivity index (χ3v) is 4.39. The van der Waals surface area contributed by atoms with Crippen LogP contribution in [0.4, 0.5) is 0 Å². The van der Waals surface area contributed by atoms with E-state index in [0.717, 1.165) is 24.0 Å². The molecule has 25 heavy (non-hydrogen) atoms. The number of benzene rings is 2. The Morgan fingerprint density at radius 2 is 1.80 bits per heavy atom. The molecule has 1 heterocycles. The molecule has 130 valence electrons.